The Morgan fingerprint density at radius 2 is 1.93 bits per heavy atom. The molecule has 8 heteroatoms. The van der Waals surface area contributed by atoms with Gasteiger partial charge in [0, 0.05) is 42.5 Å². The van der Waals surface area contributed by atoms with Gasteiger partial charge in [-0.3, -0.25) is 0 Å². The molecule has 0 radical (unpaired) electrons. The highest BCUT2D eigenvalue weighted by atomic mass is 32.2. The molecule has 0 aliphatic carbocycles. The Kier molecular flexibility index (Phi) is 5.62. The second-order valence-corrected chi connectivity index (χ2v) is 8.72. The van der Waals surface area contributed by atoms with Crippen molar-refractivity contribution in [1.29, 1.82) is 0 Å². The summed E-state index contributed by atoms with van der Waals surface area (Å²) >= 11 is 0. The van der Waals surface area contributed by atoms with Gasteiger partial charge in [0.05, 0.1) is 17.5 Å². The molecule has 0 aliphatic rings. The lowest BCUT2D eigenvalue weighted by atomic mass is 10.2. The number of anilines is 1. The molecule has 0 saturated heterocycles. The number of aryl methyl sites for hydroxylation is 1. The van der Waals surface area contributed by atoms with E-state index in [0.717, 1.165) is 6.54 Å². The van der Waals surface area contributed by atoms with Crippen LogP contribution in [0.3, 0.4) is 0 Å². The van der Waals surface area contributed by atoms with E-state index in [0.29, 0.717) is 34.4 Å². The van der Waals surface area contributed by atoms with Crippen LogP contribution in [0.1, 0.15) is 5.56 Å². The van der Waals surface area contributed by atoms with Gasteiger partial charge in [-0.2, -0.15) is 0 Å². The number of halogens is 1. The Balaban J connectivity index is 2.06. The monoisotopic (exact) mass is 405 g/mol. The fourth-order valence-electron chi connectivity index (χ4n) is 3.01. The molecule has 0 spiro atoms. The SMILES string of the molecule is COc1cc(NCCN(C)C)cc(S(=O)(=O)n2cc(C)c3cc(F)ccc32)c1. The molecule has 2 aromatic carbocycles. The molecule has 0 fully saturated rings. The van der Waals surface area contributed by atoms with E-state index in [9.17, 15) is 12.8 Å². The van der Waals surface area contributed by atoms with Crippen LogP contribution in [0.25, 0.3) is 10.9 Å². The van der Waals surface area contributed by atoms with Gasteiger partial charge in [0.1, 0.15) is 11.6 Å². The van der Waals surface area contributed by atoms with Gasteiger partial charge >= 0.3 is 0 Å². The largest absolute Gasteiger partial charge is 0.497 e. The molecule has 1 aromatic heterocycles. The third-order valence-corrected chi connectivity index (χ3v) is 6.14. The van der Waals surface area contributed by atoms with Crippen molar-refractivity contribution < 1.29 is 17.5 Å². The predicted molar refractivity (Wildman–Crippen MR) is 109 cm³/mol. The molecular weight excluding hydrogens is 381 g/mol. The first-order valence-electron chi connectivity index (χ1n) is 8.83. The number of benzene rings is 2. The van der Waals surface area contributed by atoms with E-state index in [1.54, 1.807) is 19.1 Å². The zero-order valence-corrected chi connectivity index (χ0v) is 17.2. The van der Waals surface area contributed by atoms with Crippen molar-refractivity contribution in [1.82, 2.24) is 8.87 Å². The molecule has 1 N–H and O–H groups in total. The predicted octanol–water partition coefficient (Wildman–Crippen LogP) is 3.31. The maximum absolute atomic E-state index is 13.6. The van der Waals surface area contributed by atoms with E-state index in [2.05, 4.69) is 5.32 Å². The molecule has 0 saturated carbocycles. The molecule has 0 unspecified atom stereocenters. The molecule has 0 bridgehead atoms. The fourth-order valence-corrected chi connectivity index (χ4v) is 4.49. The number of methoxy groups -OCH3 is 1. The summed E-state index contributed by atoms with van der Waals surface area (Å²) in [6, 6.07) is 8.90. The number of aromatic nitrogens is 1. The van der Waals surface area contributed by atoms with Gasteiger partial charge in [0.25, 0.3) is 10.0 Å². The Bertz CT molecular complexity index is 1110. The lowest BCUT2D eigenvalue weighted by molar-refractivity contribution is 0.413. The van der Waals surface area contributed by atoms with Crippen LogP contribution in [-0.4, -0.2) is 51.6 Å². The summed E-state index contributed by atoms with van der Waals surface area (Å²) in [5.74, 6) is 0.0344. The summed E-state index contributed by atoms with van der Waals surface area (Å²) in [5, 5.41) is 3.79. The number of hydrogen-bond acceptors (Lipinski definition) is 5. The number of nitrogens with zero attached hydrogens (tertiary/aromatic N) is 2. The first-order chi connectivity index (χ1) is 13.2. The average Bonchev–Trinajstić information content (AvgIpc) is 2.98. The van der Waals surface area contributed by atoms with Crippen molar-refractivity contribution in [2.75, 3.05) is 39.6 Å². The minimum absolute atomic E-state index is 0.0976. The topological polar surface area (TPSA) is 63.6 Å². The second kappa shape index (κ2) is 7.81. The van der Waals surface area contributed by atoms with Crippen LogP contribution in [0, 0.1) is 12.7 Å². The number of fused-ring (bicyclic) bond motifs is 1. The molecule has 3 rings (SSSR count). The first-order valence-corrected chi connectivity index (χ1v) is 10.3. The van der Waals surface area contributed by atoms with Crippen molar-refractivity contribution in [2.24, 2.45) is 0 Å². The highest BCUT2D eigenvalue weighted by Gasteiger charge is 2.22. The third kappa shape index (κ3) is 3.98. The lowest BCUT2D eigenvalue weighted by Crippen LogP contribution is -2.21. The van der Waals surface area contributed by atoms with Crippen LogP contribution in [-0.2, 0) is 10.0 Å². The van der Waals surface area contributed by atoms with Crippen molar-refractivity contribution in [3.8, 4) is 5.75 Å². The maximum atomic E-state index is 13.6. The van der Waals surface area contributed by atoms with E-state index in [4.69, 9.17) is 4.74 Å². The molecule has 150 valence electrons. The fraction of sp³-hybridized carbons (Fsp3) is 0.300. The molecule has 0 amide bonds. The van der Waals surface area contributed by atoms with Crippen molar-refractivity contribution in [3.63, 3.8) is 0 Å². The summed E-state index contributed by atoms with van der Waals surface area (Å²) < 4.78 is 46.7. The quantitative estimate of drug-likeness (QED) is 0.653. The first kappa shape index (κ1) is 20.2. The molecule has 0 atom stereocenters. The standard InChI is InChI=1S/C20H24FN3O3S/c1-14-13-24(20-6-5-15(21)9-19(14)20)28(25,26)18-11-16(10-17(12-18)27-4)22-7-8-23(2)3/h5-6,9-13,22H,7-8H2,1-4H3. The van der Waals surface area contributed by atoms with Crippen LogP contribution in [0.2, 0.25) is 0 Å². The highest BCUT2D eigenvalue weighted by molar-refractivity contribution is 7.90. The maximum Gasteiger partial charge on any atom is 0.268 e. The molecule has 1 heterocycles. The Morgan fingerprint density at radius 3 is 2.61 bits per heavy atom. The van der Waals surface area contributed by atoms with Gasteiger partial charge in [0.2, 0.25) is 0 Å². The Labute approximate surface area is 164 Å². The number of nitrogens with one attached hydrogen (secondary N) is 1. The van der Waals surface area contributed by atoms with E-state index in [1.807, 2.05) is 19.0 Å². The summed E-state index contributed by atoms with van der Waals surface area (Å²) in [5.41, 5.74) is 1.77. The van der Waals surface area contributed by atoms with Crippen molar-refractivity contribution in [3.05, 3.63) is 54.0 Å². The minimum Gasteiger partial charge on any atom is -0.497 e. The van der Waals surface area contributed by atoms with E-state index in [1.165, 1.54) is 41.5 Å². The van der Waals surface area contributed by atoms with Crippen LogP contribution in [0.15, 0.2) is 47.5 Å². The van der Waals surface area contributed by atoms with Crippen molar-refractivity contribution in [2.45, 2.75) is 11.8 Å². The van der Waals surface area contributed by atoms with Crippen LogP contribution in [0.5, 0.6) is 5.75 Å². The number of hydrogen-bond donors (Lipinski definition) is 1. The number of ether oxygens (including phenoxy) is 1. The minimum atomic E-state index is -3.89. The lowest BCUT2D eigenvalue weighted by Gasteiger charge is -2.14. The van der Waals surface area contributed by atoms with Crippen LogP contribution >= 0.6 is 0 Å². The zero-order valence-electron chi connectivity index (χ0n) is 16.4. The molecule has 0 aliphatic heterocycles. The van der Waals surface area contributed by atoms with Crippen molar-refractivity contribution >= 4 is 26.6 Å². The van der Waals surface area contributed by atoms with E-state index < -0.39 is 15.8 Å². The molecular formula is C20H24FN3O3S. The van der Waals surface area contributed by atoms with Gasteiger partial charge in [-0.1, -0.05) is 0 Å². The summed E-state index contributed by atoms with van der Waals surface area (Å²) in [7, 11) is 1.53. The molecule has 6 nitrogen and oxygen atoms in total. The third-order valence-electron chi connectivity index (χ3n) is 4.49. The van der Waals surface area contributed by atoms with Crippen LogP contribution in [0.4, 0.5) is 10.1 Å². The summed E-state index contributed by atoms with van der Waals surface area (Å²) in [6.07, 6.45) is 1.51. The Morgan fingerprint density at radius 1 is 1.18 bits per heavy atom. The van der Waals surface area contributed by atoms with Gasteiger partial charge < -0.3 is 15.0 Å². The zero-order chi connectivity index (χ0) is 20.5. The number of rotatable bonds is 7. The summed E-state index contributed by atoms with van der Waals surface area (Å²) in [4.78, 5) is 2.12. The number of likely N-dealkylation sites (N-methyl/N-ethyl adjacent to an activating group) is 1. The Hall–Kier alpha value is -2.58. The average molecular weight is 405 g/mol. The van der Waals surface area contributed by atoms with Gasteiger partial charge in [0.15, 0.2) is 0 Å². The van der Waals surface area contributed by atoms with Gasteiger partial charge in [-0.05, 0) is 50.8 Å². The normalized spacial score (nSPS) is 11.9. The summed E-state index contributed by atoms with van der Waals surface area (Å²) in [6.45, 7) is 3.21. The van der Waals surface area contributed by atoms with E-state index >= 15 is 0 Å². The highest BCUT2D eigenvalue weighted by Crippen LogP contribution is 2.29. The second-order valence-electron chi connectivity index (χ2n) is 6.90. The molecule has 28 heavy (non-hydrogen) atoms. The van der Waals surface area contributed by atoms with Gasteiger partial charge in [-0.15, -0.1) is 0 Å². The van der Waals surface area contributed by atoms with Crippen LogP contribution < -0.4 is 10.1 Å². The van der Waals surface area contributed by atoms with E-state index in [-0.39, 0.29) is 4.90 Å². The molecule has 3 aromatic rings. The van der Waals surface area contributed by atoms with Gasteiger partial charge in [-0.25, -0.2) is 16.8 Å². The smallest absolute Gasteiger partial charge is 0.268 e.